The molecule has 1 spiro atoms. The molecule has 2 heterocycles. The summed E-state index contributed by atoms with van der Waals surface area (Å²) in [4.78, 5) is 2.42. The molecule has 3 heteroatoms. The number of nitrogens with zero attached hydrogens (tertiary/aromatic N) is 1. The first-order chi connectivity index (χ1) is 31.7. The van der Waals surface area contributed by atoms with Gasteiger partial charge in [0.1, 0.15) is 16.7 Å². The van der Waals surface area contributed by atoms with Crippen LogP contribution in [0.3, 0.4) is 0 Å². The highest BCUT2D eigenvalue weighted by atomic mass is 16.3. The van der Waals surface area contributed by atoms with Crippen molar-refractivity contribution in [1.29, 1.82) is 0 Å². The lowest BCUT2D eigenvalue weighted by Gasteiger charge is -2.31. The maximum absolute atomic E-state index is 7.13. The van der Waals surface area contributed by atoms with E-state index in [1.807, 2.05) is 0 Å². The van der Waals surface area contributed by atoms with Gasteiger partial charge >= 0.3 is 0 Å². The third-order valence-electron chi connectivity index (χ3n) is 13.9. The zero-order valence-electron chi connectivity index (χ0n) is 34.6. The van der Waals surface area contributed by atoms with Crippen LogP contribution in [0.1, 0.15) is 22.3 Å². The minimum Gasteiger partial charge on any atom is -0.456 e. The molecule has 0 aliphatic heterocycles. The Balaban J connectivity index is 1.02. The standard InChI is InChI=1S/C61H37NO2/c1-3-15-38(16-4-1)40-29-32-42(33-30-40)62(54-27-14-26-53-59(54)46-21-9-12-25-52(46)61(53)50-23-10-7-19-43(50)44-20-8-11-24-51(44)61)55-28-13-22-45-48-36-57-49(37-58(48)64-60(45)55)47-35-41(31-34-56(47)63-57)39-17-5-2-6-18-39/h1-37H. The highest BCUT2D eigenvalue weighted by Crippen LogP contribution is 2.65. The third-order valence-corrected chi connectivity index (χ3v) is 13.9. The molecular weight excluding hydrogens is 779 g/mol. The molecule has 0 saturated carbocycles. The minimum absolute atomic E-state index is 0.472. The molecule has 64 heavy (non-hydrogen) atoms. The molecule has 0 atom stereocenters. The first-order valence-corrected chi connectivity index (χ1v) is 22.0. The number of hydrogen-bond donors (Lipinski definition) is 0. The van der Waals surface area contributed by atoms with E-state index in [0.717, 1.165) is 66.5 Å². The van der Waals surface area contributed by atoms with E-state index >= 15 is 0 Å². The van der Waals surface area contributed by atoms with Crippen LogP contribution in [-0.2, 0) is 5.41 Å². The van der Waals surface area contributed by atoms with Gasteiger partial charge in [-0.05, 0) is 110 Å². The molecule has 2 aliphatic carbocycles. The molecule has 2 aromatic heterocycles. The Labute approximate surface area is 369 Å². The average molecular weight is 816 g/mol. The number of anilines is 3. The summed E-state index contributed by atoms with van der Waals surface area (Å²) in [6.45, 7) is 0. The van der Waals surface area contributed by atoms with Gasteiger partial charge in [-0.1, -0.05) is 176 Å². The van der Waals surface area contributed by atoms with E-state index in [1.54, 1.807) is 0 Å². The highest BCUT2D eigenvalue weighted by molar-refractivity contribution is 6.17. The second-order valence-electron chi connectivity index (χ2n) is 17.1. The van der Waals surface area contributed by atoms with E-state index in [4.69, 9.17) is 8.83 Å². The molecule has 0 unspecified atom stereocenters. The summed E-state index contributed by atoms with van der Waals surface area (Å²) in [7, 11) is 0. The lowest BCUT2D eigenvalue weighted by atomic mass is 9.70. The maximum Gasteiger partial charge on any atom is 0.159 e. The van der Waals surface area contributed by atoms with Crippen molar-refractivity contribution in [2.45, 2.75) is 5.41 Å². The summed E-state index contributed by atoms with van der Waals surface area (Å²) in [6.07, 6.45) is 0. The third kappa shape index (κ3) is 4.81. The van der Waals surface area contributed by atoms with E-state index < -0.39 is 5.41 Å². The van der Waals surface area contributed by atoms with Gasteiger partial charge in [-0.15, -0.1) is 0 Å². The van der Waals surface area contributed by atoms with E-state index in [-0.39, 0.29) is 0 Å². The quantitative estimate of drug-likeness (QED) is 0.173. The van der Waals surface area contributed by atoms with Gasteiger partial charge in [0.15, 0.2) is 5.58 Å². The largest absolute Gasteiger partial charge is 0.456 e. The van der Waals surface area contributed by atoms with E-state index in [2.05, 4.69) is 229 Å². The SMILES string of the molecule is c1ccc(-c2ccc(N(c3cccc4c3-c3ccccc3C43c4ccccc4-c4ccccc43)c3cccc4c3oc3cc5c(cc34)oc3ccc(-c4ccccc4)cc35)cc2)cc1. The van der Waals surface area contributed by atoms with Crippen LogP contribution < -0.4 is 4.90 Å². The Bertz CT molecular complexity index is 3790. The summed E-state index contributed by atoms with van der Waals surface area (Å²) in [6, 6.07) is 81.4. The second-order valence-corrected chi connectivity index (χ2v) is 17.1. The molecule has 0 fully saturated rings. The van der Waals surface area contributed by atoms with Crippen LogP contribution in [0.25, 0.3) is 88.4 Å². The van der Waals surface area contributed by atoms with Crippen molar-refractivity contribution in [2.75, 3.05) is 4.90 Å². The van der Waals surface area contributed by atoms with E-state index in [1.165, 1.54) is 61.2 Å². The van der Waals surface area contributed by atoms with Gasteiger partial charge in [0, 0.05) is 32.8 Å². The fourth-order valence-corrected chi connectivity index (χ4v) is 11.2. The molecule has 10 aromatic carbocycles. The monoisotopic (exact) mass is 815 g/mol. The Morgan fingerprint density at radius 3 is 1.52 bits per heavy atom. The van der Waals surface area contributed by atoms with Crippen molar-refractivity contribution < 1.29 is 8.83 Å². The van der Waals surface area contributed by atoms with Crippen LogP contribution in [-0.4, -0.2) is 0 Å². The Hall–Kier alpha value is -8.40. The van der Waals surface area contributed by atoms with Crippen LogP contribution in [0.5, 0.6) is 0 Å². The number of furan rings is 2. The molecule has 0 amide bonds. The average Bonchev–Trinajstić information content (AvgIpc) is 4.09. The highest BCUT2D eigenvalue weighted by Gasteiger charge is 2.52. The van der Waals surface area contributed by atoms with Gasteiger partial charge in [0.05, 0.1) is 16.8 Å². The lowest BCUT2D eigenvalue weighted by Crippen LogP contribution is -2.26. The molecule has 0 saturated heterocycles. The number of fused-ring (bicyclic) bond motifs is 16. The first kappa shape index (κ1) is 35.2. The second kappa shape index (κ2) is 13.3. The van der Waals surface area contributed by atoms with Gasteiger partial charge < -0.3 is 13.7 Å². The van der Waals surface area contributed by atoms with Crippen molar-refractivity contribution in [2.24, 2.45) is 0 Å². The lowest BCUT2D eigenvalue weighted by molar-refractivity contribution is 0.664. The number of hydrogen-bond acceptors (Lipinski definition) is 3. The van der Waals surface area contributed by atoms with Crippen molar-refractivity contribution in [1.82, 2.24) is 0 Å². The summed E-state index contributed by atoms with van der Waals surface area (Å²) >= 11 is 0. The zero-order chi connectivity index (χ0) is 41.9. The molecule has 0 bridgehead atoms. The van der Waals surface area contributed by atoms with Gasteiger partial charge in [0.25, 0.3) is 0 Å². The zero-order valence-corrected chi connectivity index (χ0v) is 34.6. The van der Waals surface area contributed by atoms with Crippen LogP contribution in [0.4, 0.5) is 17.1 Å². The normalized spacial score (nSPS) is 13.1. The number of benzene rings is 10. The molecule has 0 N–H and O–H groups in total. The molecule has 0 radical (unpaired) electrons. The van der Waals surface area contributed by atoms with Crippen molar-refractivity contribution in [3.8, 4) is 44.5 Å². The minimum atomic E-state index is -0.472. The van der Waals surface area contributed by atoms with Crippen LogP contribution >= 0.6 is 0 Å². The molecule has 3 nitrogen and oxygen atoms in total. The molecule has 12 aromatic rings. The fourth-order valence-electron chi connectivity index (χ4n) is 11.2. The van der Waals surface area contributed by atoms with Gasteiger partial charge in [-0.25, -0.2) is 0 Å². The van der Waals surface area contributed by atoms with Gasteiger partial charge in [-0.2, -0.15) is 0 Å². The fraction of sp³-hybridized carbons (Fsp3) is 0.0164. The number of rotatable bonds is 5. The Morgan fingerprint density at radius 1 is 0.312 bits per heavy atom. The first-order valence-electron chi connectivity index (χ1n) is 22.0. The summed E-state index contributed by atoms with van der Waals surface area (Å²) in [5.41, 5.74) is 20.9. The van der Waals surface area contributed by atoms with Crippen LogP contribution in [0.2, 0.25) is 0 Å². The Kier molecular flexibility index (Phi) is 7.32. The van der Waals surface area contributed by atoms with Crippen LogP contribution in [0.15, 0.2) is 233 Å². The van der Waals surface area contributed by atoms with Gasteiger partial charge in [-0.3, -0.25) is 0 Å². The predicted molar refractivity (Wildman–Crippen MR) is 263 cm³/mol. The van der Waals surface area contributed by atoms with Gasteiger partial charge in [0.2, 0.25) is 0 Å². The summed E-state index contributed by atoms with van der Waals surface area (Å²) in [5.74, 6) is 0. The smallest absolute Gasteiger partial charge is 0.159 e. The maximum atomic E-state index is 7.13. The number of para-hydroxylation sites is 1. The molecule has 14 rings (SSSR count). The topological polar surface area (TPSA) is 29.5 Å². The molecule has 298 valence electrons. The summed E-state index contributed by atoms with van der Waals surface area (Å²) < 4.78 is 13.7. The predicted octanol–water partition coefficient (Wildman–Crippen LogP) is 16.6. The van der Waals surface area contributed by atoms with Crippen molar-refractivity contribution >= 4 is 60.9 Å². The molecule has 2 aliphatic rings. The Morgan fingerprint density at radius 2 is 0.812 bits per heavy atom. The van der Waals surface area contributed by atoms with Crippen molar-refractivity contribution in [3.05, 3.63) is 247 Å². The molecular formula is C61H37NO2. The van der Waals surface area contributed by atoms with Crippen LogP contribution in [0, 0.1) is 0 Å². The summed E-state index contributed by atoms with van der Waals surface area (Å²) in [5, 5.41) is 4.16. The van der Waals surface area contributed by atoms with E-state index in [9.17, 15) is 0 Å². The van der Waals surface area contributed by atoms with E-state index in [0.29, 0.717) is 0 Å². The van der Waals surface area contributed by atoms with Crippen molar-refractivity contribution in [3.63, 3.8) is 0 Å².